The molecule has 2 aromatic carbocycles. The molecule has 20 heteroatoms. The van der Waals surface area contributed by atoms with Gasteiger partial charge in [-0.1, -0.05) is 24.0 Å². The second kappa shape index (κ2) is 19.7. The van der Waals surface area contributed by atoms with Crippen LogP contribution in [0, 0.1) is 31.6 Å². The molecule has 6 aromatic rings. The number of piperidine rings is 1. The summed E-state index contributed by atoms with van der Waals surface area (Å²) in [5.74, 6) is 5.43. The molecule has 0 atom stereocenters. The molecule has 7 rings (SSSR count). The van der Waals surface area contributed by atoms with Crippen LogP contribution in [0.3, 0.4) is 0 Å². The van der Waals surface area contributed by atoms with Crippen LogP contribution in [0.15, 0.2) is 48.6 Å². The first-order valence-corrected chi connectivity index (χ1v) is 20.3. The van der Waals surface area contributed by atoms with Crippen LogP contribution in [0.25, 0.3) is 22.1 Å². The number of nitrogens with two attached hydrogens (primary N) is 2. The van der Waals surface area contributed by atoms with E-state index in [1.165, 1.54) is 19.2 Å². The van der Waals surface area contributed by atoms with E-state index < -0.39 is 23.6 Å². The van der Waals surface area contributed by atoms with Gasteiger partial charge >= 0.3 is 0 Å². The number of nitrogens with zero attached hydrogens (tertiary/aromatic N) is 8. The number of imidazole rings is 2. The molecule has 1 aliphatic rings. The van der Waals surface area contributed by atoms with Crippen molar-refractivity contribution < 1.29 is 28.7 Å². The zero-order valence-electron chi connectivity index (χ0n) is 35.7. The van der Waals surface area contributed by atoms with Crippen molar-refractivity contribution in [2.45, 2.75) is 66.7 Å². The van der Waals surface area contributed by atoms with Crippen LogP contribution >= 0.6 is 12.4 Å². The van der Waals surface area contributed by atoms with Gasteiger partial charge in [0, 0.05) is 43.2 Å². The summed E-state index contributed by atoms with van der Waals surface area (Å²) in [5.41, 5.74) is 15.5. The number of carbonyl (C=O) groups excluding carboxylic acids is 4. The number of aryl methyl sites for hydroxylation is 4. The number of allylic oxidation sites excluding steroid dienone is 2. The van der Waals surface area contributed by atoms with Gasteiger partial charge < -0.3 is 35.4 Å². The largest absolute Gasteiger partial charge is 0.494 e. The number of rotatable bonds is 15. The molecule has 1 saturated heterocycles. The Morgan fingerprint density at radius 2 is 1.25 bits per heavy atom. The molecule has 0 spiro atoms. The number of halogens is 1. The minimum Gasteiger partial charge on any atom is -0.494 e. The third-order valence-electron chi connectivity index (χ3n) is 10.4. The van der Waals surface area contributed by atoms with Crippen LogP contribution in [0.4, 0.5) is 11.9 Å². The topological polar surface area (TPSA) is 246 Å². The van der Waals surface area contributed by atoms with E-state index in [-0.39, 0.29) is 61.0 Å². The first-order chi connectivity index (χ1) is 29.9. The third-order valence-corrected chi connectivity index (χ3v) is 10.4. The molecule has 1 aliphatic heterocycles. The number of carbonyl (C=O) groups is 4. The predicted octanol–water partition coefficient (Wildman–Crippen LogP) is 4.21. The molecule has 4 aromatic heterocycles. The third kappa shape index (κ3) is 9.82. The normalized spacial score (nSPS) is 12.8. The number of primary amides is 2. The van der Waals surface area contributed by atoms with Crippen LogP contribution in [-0.4, -0.2) is 89.1 Å². The van der Waals surface area contributed by atoms with Crippen molar-refractivity contribution in [3.63, 3.8) is 0 Å². The number of fused-ring (bicyclic) bond motifs is 2. The van der Waals surface area contributed by atoms with E-state index >= 15 is 0 Å². The van der Waals surface area contributed by atoms with Gasteiger partial charge in [0.25, 0.3) is 11.8 Å². The molecule has 330 valence electrons. The molecule has 4 amide bonds. The molecule has 7 N–H and O–H groups in total. The van der Waals surface area contributed by atoms with E-state index in [2.05, 4.69) is 38.0 Å². The Bertz CT molecular complexity index is 2800. The van der Waals surface area contributed by atoms with Gasteiger partial charge in [0.15, 0.2) is 0 Å². The summed E-state index contributed by atoms with van der Waals surface area (Å²) >= 11 is 0. The highest BCUT2D eigenvalue weighted by Crippen LogP contribution is 2.33. The Labute approximate surface area is 369 Å². The number of nitrogens with one attached hydrogen (secondary N) is 3. The Kier molecular flexibility index (Phi) is 14.2. The molecule has 0 radical (unpaired) electrons. The fourth-order valence-corrected chi connectivity index (χ4v) is 7.45. The molecule has 1 fully saturated rings. The van der Waals surface area contributed by atoms with Gasteiger partial charge in [0.05, 0.1) is 29.5 Å². The number of hydrogen-bond donors (Lipinski definition) is 5. The average Bonchev–Trinajstić information content (AvgIpc) is 4.03. The zero-order valence-corrected chi connectivity index (χ0v) is 36.5. The summed E-state index contributed by atoms with van der Waals surface area (Å²) in [7, 11) is 1.46. The van der Waals surface area contributed by atoms with E-state index in [1.54, 1.807) is 56.6 Å². The van der Waals surface area contributed by atoms with Gasteiger partial charge in [-0.3, -0.25) is 39.2 Å². The van der Waals surface area contributed by atoms with Crippen molar-refractivity contribution in [3.05, 3.63) is 82.5 Å². The molecule has 63 heavy (non-hydrogen) atoms. The number of amides is 4. The van der Waals surface area contributed by atoms with E-state index in [0.717, 1.165) is 25.9 Å². The molecule has 0 bridgehead atoms. The van der Waals surface area contributed by atoms with Crippen molar-refractivity contribution >= 4 is 70.0 Å². The summed E-state index contributed by atoms with van der Waals surface area (Å²) in [5, 5.41) is 18.0. The quantitative estimate of drug-likeness (QED) is 0.0723. The van der Waals surface area contributed by atoms with Gasteiger partial charge in [-0.25, -0.2) is 9.97 Å². The van der Waals surface area contributed by atoms with Crippen molar-refractivity contribution in [3.8, 4) is 23.3 Å². The number of hydrogen-bond acceptors (Lipinski definition) is 11. The maximum atomic E-state index is 13.8. The zero-order chi connectivity index (χ0) is 44.1. The fourth-order valence-electron chi connectivity index (χ4n) is 7.45. The summed E-state index contributed by atoms with van der Waals surface area (Å²) in [6.45, 7) is 10.5. The fraction of sp³-hybridized carbons (Fsp3) is 0.349. The minimum absolute atomic E-state index is 0. The second-order valence-electron chi connectivity index (χ2n) is 14.7. The number of methoxy groups -OCH3 is 1. The van der Waals surface area contributed by atoms with Gasteiger partial charge in [-0.15, -0.1) is 12.4 Å². The highest BCUT2D eigenvalue weighted by molar-refractivity contribution is 6.05. The SMILES string of the molecule is CCn1nc(C)cc1C(=O)Nc1nc2cc(C(N)=O)cc(OC)c2n1C/C=C/Cn1c(NC(=O)c2cc(C)nn2CC)nc2cc(C(N)=O)cc(OCC#CC3CCNCC3)c21.Cl. The number of ether oxygens (including phenoxy) is 2. The van der Waals surface area contributed by atoms with Crippen LogP contribution in [0.1, 0.15) is 79.8 Å². The van der Waals surface area contributed by atoms with Crippen molar-refractivity contribution in [1.29, 1.82) is 0 Å². The van der Waals surface area contributed by atoms with Crippen molar-refractivity contribution in [2.24, 2.45) is 17.4 Å². The Morgan fingerprint density at radius 1 is 0.778 bits per heavy atom. The van der Waals surface area contributed by atoms with Gasteiger partial charge in [-0.2, -0.15) is 10.2 Å². The molecule has 0 unspecified atom stereocenters. The molecule has 19 nitrogen and oxygen atoms in total. The predicted molar refractivity (Wildman–Crippen MR) is 239 cm³/mol. The van der Waals surface area contributed by atoms with Crippen LogP contribution in [0.5, 0.6) is 11.5 Å². The second-order valence-corrected chi connectivity index (χ2v) is 14.7. The Morgan fingerprint density at radius 3 is 1.71 bits per heavy atom. The van der Waals surface area contributed by atoms with Crippen LogP contribution in [0.2, 0.25) is 0 Å². The van der Waals surface area contributed by atoms with Gasteiger partial charge in [0.1, 0.15) is 40.5 Å². The summed E-state index contributed by atoms with van der Waals surface area (Å²) in [6, 6.07) is 9.53. The Hall–Kier alpha value is -7.17. The van der Waals surface area contributed by atoms with E-state index in [0.29, 0.717) is 69.4 Å². The lowest BCUT2D eigenvalue weighted by Gasteiger charge is -2.17. The lowest BCUT2D eigenvalue weighted by Crippen LogP contribution is -2.27. The lowest BCUT2D eigenvalue weighted by atomic mass is 9.99. The first kappa shape index (κ1) is 45.4. The van der Waals surface area contributed by atoms with Gasteiger partial charge in [0.2, 0.25) is 23.7 Å². The van der Waals surface area contributed by atoms with E-state index in [9.17, 15) is 19.2 Å². The highest BCUT2D eigenvalue weighted by Gasteiger charge is 2.24. The standard InChI is InChI=1S/C43H49N13O6.ClH/c1-6-55-32(19-25(3)51-55)40(59)49-42-47-30-21-28(38(44)57)23-34(61-5)36(30)53(42)16-8-9-17-54-37-31(48-43(54)50-41(60)33-20-26(4)52-56(33)7-2)22-29(39(45)58)24-35(37)62-18-10-11-27-12-14-46-15-13-27;/h8-9,19-24,27,46H,6-7,12-18H2,1-5H3,(H2,44,57)(H2,45,58)(H,47,49,59)(H,48,50,60);1H/b9-8+;. The lowest BCUT2D eigenvalue weighted by molar-refractivity contribution is 0.0991. The van der Waals surface area contributed by atoms with Crippen LogP contribution in [-0.2, 0) is 26.2 Å². The number of anilines is 2. The van der Waals surface area contributed by atoms with E-state index in [4.69, 9.17) is 30.9 Å². The summed E-state index contributed by atoms with van der Waals surface area (Å²) in [6.07, 6.45) is 5.58. The maximum Gasteiger partial charge on any atom is 0.276 e. The minimum atomic E-state index is -0.678. The monoisotopic (exact) mass is 879 g/mol. The van der Waals surface area contributed by atoms with Crippen molar-refractivity contribution in [2.75, 3.05) is 37.4 Å². The van der Waals surface area contributed by atoms with Crippen molar-refractivity contribution in [1.82, 2.24) is 44.0 Å². The Balaban J connectivity index is 0.00000661. The molecule has 0 saturated carbocycles. The molecular formula is C43H50ClN13O6. The molecular weight excluding hydrogens is 830 g/mol. The van der Waals surface area contributed by atoms with Gasteiger partial charge in [-0.05, 0) is 90.0 Å². The summed E-state index contributed by atoms with van der Waals surface area (Å²) in [4.78, 5) is 61.7. The average molecular weight is 880 g/mol. The first-order valence-electron chi connectivity index (χ1n) is 20.3. The number of aromatic nitrogens is 8. The van der Waals surface area contributed by atoms with E-state index in [1.807, 2.05) is 26.0 Å². The van der Waals surface area contributed by atoms with Crippen LogP contribution < -0.4 is 36.9 Å². The maximum absolute atomic E-state index is 13.8. The molecule has 0 aliphatic carbocycles. The molecule has 5 heterocycles. The number of benzene rings is 2. The summed E-state index contributed by atoms with van der Waals surface area (Å²) < 4.78 is 18.6. The highest BCUT2D eigenvalue weighted by atomic mass is 35.5. The smallest absolute Gasteiger partial charge is 0.276 e.